The van der Waals surface area contributed by atoms with Crippen LogP contribution in [0.3, 0.4) is 0 Å². The van der Waals surface area contributed by atoms with Crippen LogP contribution >= 0.6 is 0 Å². The third-order valence-electron chi connectivity index (χ3n) is 5.39. The van der Waals surface area contributed by atoms with Gasteiger partial charge in [0.25, 0.3) is 5.09 Å². The van der Waals surface area contributed by atoms with Gasteiger partial charge in [-0.2, -0.15) is 4.31 Å². The molecule has 0 spiro atoms. The third kappa shape index (κ3) is 5.37. The highest BCUT2D eigenvalue weighted by atomic mass is 32.2. The molecule has 0 aliphatic carbocycles. The number of ketones is 1. The number of halogens is 2. The predicted molar refractivity (Wildman–Crippen MR) is 127 cm³/mol. The Bertz CT molecular complexity index is 1430. The zero-order valence-electron chi connectivity index (χ0n) is 18.5. The van der Waals surface area contributed by atoms with Gasteiger partial charge in [-0.1, -0.05) is 36.4 Å². The minimum Gasteiger partial charge on any atom is -0.289 e. The molecule has 0 saturated carbocycles. The van der Waals surface area contributed by atoms with Gasteiger partial charge in [-0.05, 0) is 48.6 Å². The van der Waals surface area contributed by atoms with E-state index in [1.807, 2.05) is 0 Å². The second-order valence-electron chi connectivity index (χ2n) is 7.77. The molecule has 8 nitrogen and oxygen atoms in total. The number of hydrogen-bond donors (Lipinski definition) is 0. The maximum atomic E-state index is 14.3. The summed E-state index contributed by atoms with van der Waals surface area (Å²) in [7, 11) is -4.21. The summed E-state index contributed by atoms with van der Waals surface area (Å²) in [6.45, 7) is -0.728. The van der Waals surface area contributed by atoms with Crippen molar-refractivity contribution in [2.75, 3.05) is 13.1 Å². The predicted octanol–water partition coefficient (Wildman–Crippen LogP) is 4.28. The Morgan fingerprint density at radius 2 is 1.31 bits per heavy atom. The van der Waals surface area contributed by atoms with Crippen molar-refractivity contribution in [3.63, 3.8) is 0 Å². The Morgan fingerprint density at radius 1 is 0.833 bits per heavy atom. The van der Waals surface area contributed by atoms with Crippen molar-refractivity contribution in [1.29, 1.82) is 0 Å². The highest BCUT2D eigenvalue weighted by molar-refractivity contribution is 7.89. The molecule has 1 fully saturated rings. The summed E-state index contributed by atoms with van der Waals surface area (Å²) in [6.07, 6.45) is 2.53. The molecule has 36 heavy (non-hydrogen) atoms. The van der Waals surface area contributed by atoms with Crippen molar-refractivity contribution in [2.24, 2.45) is 0 Å². The monoisotopic (exact) mass is 512 g/mol. The van der Waals surface area contributed by atoms with Crippen LogP contribution in [0.5, 0.6) is 5.75 Å². The summed E-state index contributed by atoms with van der Waals surface area (Å²) in [6, 6.07) is 15.9. The van der Waals surface area contributed by atoms with Crippen LogP contribution in [0.1, 0.15) is 11.1 Å². The fourth-order valence-electron chi connectivity index (χ4n) is 3.65. The van der Waals surface area contributed by atoms with Crippen molar-refractivity contribution in [3.8, 4) is 5.75 Å². The van der Waals surface area contributed by atoms with E-state index in [1.54, 1.807) is 12.1 Å². The lowest BCUT2D eigenvalue weighted by molar-refractivity contribution is -0.711. The van der Waals surface area contributed by atoms with Gasteiger partial charge < -0.3 is 0 Å². The topological polar surface area (TPSA) is 107 Å². The van der Waals surface area contributed by atoms with Gasteiger partial charge in [0.05, 0.1) is 4.90 Å². The number of carbonyl (C=O) groups is 1. The molecule has 4 rings (SSSR count). The maximum absolute atomic E-state index is 14.3. The van der Waals surface area contributed by atoms with Crippen LogP contribution < -0.4 is 4.84 Å². The van der Waals surface area contributed by atoms with Crippen LogP contribution in [0, 0.1) is 21.7 Å². The summed E-state index contributed by atoms with van der Waals surface area (Å²) >= 11 is 0. The standard InChI is InChI=1S/C25H18F2N2O6S/c26-23-7-3-1-5-17(23)13-19-15-28(16-20(25(19)30)14-18-6-2-4-8-24(18)27)36(33,34)22-11-9-21(10-12-22)35-29(31)32/h1-14H,15-16H2/b19-13+,20-14+. The molecule has 0 aromatic heterocycles. The average Bonchev–Trinajstić information content (AvgIpc) is 2.84. The Hall–Kier alpha value is -4.22. The highest BCUT2D eigenvalue weighted by Gasteiger charge is 2.34. The molecule has 0 N–H and O–H groups in total. The van der Waals surface area contributed by atoms with Gasteiger partial charge in [0.2, 0.25) is 10.0 Å². The van der Waals surface area contributed by atoms with Gasteiger partial charge in [0.1, 0.15) is 17.4 Å². The van der Waals surface area contributed by atoms with Crippen LogP contribution in [0.4, 0.5) is 8.78 Å². The molecular weight excluding hydrogens is 494 g/mol. The summed E-state index contributed by atoms with van der Waals surface area (Å²) < 4.78 is 56.3. The molecule has 0 unspecified atom stereocenters. The molecule has 1 saturated heterocycles. The van der Waals surface area contributed by atoms with E-state index in [9.17, 15) is 32.1 Å². The Balaban J connectivity index is 1.76. The Labute approximate surface area is 204 Å². The van der Waals surface area contributed by atoms with E-state index in [-0.39, 0.29) is 46.0 Å². The highest BCUT2D eigenvalue weighted by Crippen LogP contribution is 2.28. The van der Waals surface area contributed by atoms with Gasteiger partial charge in [-0.3, -0.25) is 9.63 Å². The molecule has 1 aliphatic rings. The van der Waals surface area contributed by atoms with E-state index >= 15 is 0 Å². The first kappa shape index (κ1) is 24.9. The van der Waals surface area contributed by atoms with E-state index in [0.717, 1.165) is 28.6 Å². The molecule has 3 aromatic carbocycles. The minimum atomic E-state index is -4.21. The van der Waals surface area contributed by atoms with Crippen LogP contribution in [0.2, 0.25) is 0 Å². The van der Waals surface area contributed by atoms with Crippen molar-refractivity contribution in [1.82, 2.24) is 4.31 Å². The molecule has 0 atom stereocenters. The maximum Gasteiger partial charge on any atom is 0.299 e. The number of sulfonamides is 1. The summed E-state index contributed by atoms with van der Waals surface area (Å²) in [5.74, 6) is -1.91. The molecule has 0 amide bonds. The average molecular weight is 512 g/mol. The number of nitrogens with zero attached hydrogens (tertiary/aromatic N) is 2. The van der Waals surface area contributed by atoms with Crippen molar-refractivity contribution in [3.05, 3.63) is 117 Å². The SMILES string of the molecule is O=C1/C(=C/c2ccccc2F)CN(S(=O)(=O)c2ccc(O[N+](=O)[O-])cc2)C/C1=C\c1ccccc1F. The molecule has 11 heteroatoms. The lowest BCUT2D eigenvalue weighted by Crippen LogP contribution is -2.41. The largest absolute Gasteiger partial charge is 0.299 e. The Kier molecular flexibility index (Phi) is 7.04. The van der Waals surface area contributed by atoms with E-state index in [2.05, 4.69) is 4.84 Å². The second kappa shape index (κ2) is 10.2. The smallest absolute Gasteiger partial charge is 0.289 e. The zero-order valence-corrected chi connectivity index (χ0v) is 19.3. The van der Waals surface area contributed by atoms with E-state index in [4.69, 9.17) is 0 Å². The van der Waals surface area contributed by atoms with Crippen molar-refractivity contribution in [2.45, 2.75) is 4.90 Å². The fourth-order valence-corrected chi connectivity index (χ4v) is 5.04. The lowest BCUT2D eigenvalue weighted by Gasteiger charge is -2.29. The van der Waals surface area contributed by atoms with Crippen LogP contribution in [-0.2, 0) is 14.8 Å². The third-order valence-corrected chi connectivity index (χ3v) is 7.19. The molecule has 1 heterocycles. The number of hydrogen-bond acceptors (Lipinski definition) is 6. The molecular formula is C25H18F2N2O6S. The molecule has 3 aromatic rings. The zero-order chi connectivity index (χ0) is 25.9. The van der Waals surface area contributed by atoms with Crippen LogP contribution in [0.25, 0.3) is 12.2 Å². The van der Waals surface area contributed by atoms with Gasteiger partial charge in [0, 0.05) is 35.4 Å². The van der Waals surface area contributed by atoms with Crippen molar-refractivity contribution >= 4 is 28.0 Å². The first-order valence-electron chi connectivity index (χ1n) is 10.5. The van der Waals surface area contributed by atoms with E-state index in [0.29, 0.717) is 0 Å². The number of carbonyl (C=O) groups excluding carboxylic acids is 1. The summed E-state index contributed by atoms with van der Waals surface area (Å²) in [4.78, 5) is 27.8. The number of piperidine rings is 1. The second-order valence-corrected chi connectivity index (χ2v) is 9.71. The van der Waals surface area contributed by atoms with Gasteiger partial charge in [-0.15, -0.1) is 10.1 Å². The fraction of sp³-hybridized carbons (Fsp3) is 0.0800. The quantitative estimate of drug-likeness (QED) is 0.277. The number of rotatable bonds is 6. The molecule has 0 radical (unpaired) electrons. The van der Waals surface area contributed by atoms with Gasteiger partial charge in [-0.25, -0.2) is 17.2 Å². The summed E-state index contributed by atoms with van der Waals surface area (Å²) in [5.41, 5.74) is 0.162. The normalized spacial score (nSPS) is 16.9. The van der Waals surface area contributed by atoms with Gasteiger partial charge >= 0.3 is 0 Å². The lowest BCUT2D eigenvalue weighted by atomic mass is 9.95. The molecule has 184 valence electrons. The van der Waals surface area contributed by atoms with Crippen LogP contribution in [-0.4, -0.2) is 36.7 Å². The van der Waals surface area contributed by atoms with E-state index < -0.39 is 32.5 Å². The molecule has 0 bridgehead atoms. The first-order chi connectivity index (χ1) is 17.1. The first-order valence-corrected chi connectivity index (χ1v) is 12.0. The van der Waals surface area contributed by atoms with Gasteiger partial charge in [0.15, 0.2) is 5.78 Å². The van der Waals surface area contributed by atoms with Crippen LogP contribution in [0.15, 0.2) is 88.8 Å². The summed E-state index contributed by atoms with van der Waals surface area (Å²) in [5, 5.41) is 9.48. The Morgan fingerprint density at radius 3 is 1.75 bits per heavy atom. The van der Waals surface area contributed by atoms with E-state index in [1.165, 1.54) is 48.6 Å². The number of Topliss-reactive ketones (excluding diaryl/α,β-unsaturated/α-hetero) is 1. The number of benzene rings is 3. The van der Waals surface area contributed by atoms with Crippen molar-refractivity contribution < 1.29 is 31.9 Å². The molecule has 1 aliphatic heterocycles. The minimum absolute atomic E-state index is 0.00850.